The smallest absolute Gasteiger partial charge is 0.250 e. The van der Waals surface area contributed by atoms with Crippen LogP contribution >= 0.6 is 11.8 Å². The molecule has 5 heteroatoms. The third-order valence-electron chi connectivity index (χ3n) is 4.34. The van der Waals surface area contributed by atoms with Gasteiger partial charge in [-0.15, -0.1) is 0 Å². The largest absolute Gasteiger partial charge is 0.354 e. The SMILES string of the molecule is CC1(C(=O)NCC2CCCC2)Sc2ccccc2NC1=O. The van der Waals surface area contributed by atoms with Gasteiger partial charge in [0.25, 0.3) is 0 Å². The van der Waals surface area contributed by atoms with Crippen LogP contribution in [0.15, 0.2) is 29.2 Å². The number of carbonyl (C=O) groups excluding carboxylic acids is 2. The van der Waals surface area contributed by atoms with E-state index in [1.54, 1.807) is 6.92 Å². The zero-order valence-corrected chi connectivity index (χ0v) is 13.0. The minimum absolute atomic E-state index is 0.189. The number of hydrogen-bond acceptors (Lipinski definition) is 3. The molecular formula is C16H20N2O2S. The van der Waals surface area contributed by atoms with Gasteiger partial charge in [-0.2, -0.15) is 0 Å². The Balaban J connectivity index is 1.70. The first kappa shape index (κ1) is 14.4. The third-order valence-corrected chi connectivity index (χ3v) is 5.70. The Labute approximate surface area is 129 Å². The number of fused-ring (bicyclic) bond motifs is 1. The van der Waals surface area contributed by atoms with E-state index in [-0.39, 0.29) is 11.8 Å². The Kier molecular flexibility index (Phi) is 3.93. The standard InChI is InChI=1S/C16H20N2O2S/c1-16(14(19)17-10-11-6-2-3-7-11)15(20)18-12-8-4-5-9-13(12)21-16/h4-5,8-9,11H,2-3,6-7,10H2,1H3,(H,17,19)(H,18,20). The van der Waals surface area contributed by atoms with E-state index in [0.29, 0.717) is 12.5 Å². The predicted octanol–water partition coefficient (Wildman–Crippen LogP) is 2.80. The summed E-state index contributed by atoms with van der Waals surface area (Å²) >= 11 is 1.33. The first-order valence-electron chi connectivity index (χ1n) is 7.47. The van der Waals surface area contributed by atoms with Gasteiger partial charge >= 0.3 is 0 Å². The molecule has 4 nitrogen and oxygen atoms in total. The Bertz CT molecular complexity index is 569. The minimum atomic E-state index is -1.09. The van der Waals surface area contributed by atoms with Crippen LogP contribution in [0.2, 0.25) is 0 Å². The molecule has 0 bridgehead atoms. The van der Waals surface area contributed by atoms with Crippen LogP contribution in [0.5, 0.6) is 0 Å². The van der Waals surface area contributed by atoms with Gasteiger partial charge in [0.2, 0.25) is 11.8 Å². The number of hydrogen-bond donors (Lipinski definition) is 2. The number of amides is 2. The van der Waals surface area contributed by atoms with Crippen LogP contribution < -0.4 is 10.6 Å². The molecule has 1 aliphatic heterocycles. The summed E-state index contributed by atoms with van der Waals surface area (Å²) in [7, 11) is 0. The van der Waals surface area contributed by atoms with Crippen LogP contribution in [0.1, 0.15) is 32.6 Å². The lowest BCUT2D eigenvalue weighted by Gasteiger charge is -2.32. The van der Waals surface area contributed by atoms with Crippen molar-refractivity contribution < 1.29 is 9.59 Å². The highest BCUT2D eigenvalue weighted by Crippen LogP contribution is 2.42. The Morgan fingerprint density at radius 2 is 2.10 bits per heavy atom. The lowest BCUT2D eigenvalue weighted by molar-refractivity contribution is -0.130. The molecule has 1 aromatic rings. The topological polar surface area (TPSA) is 58.2 Å². The molecular weight excluding hydrogens is 284 g/mol. The normalized spacial score (nSPS) is 25.3. The molecule has 1 atom stereocenters. The number of benzene rings is 1. The first-order chi connectivity index (χ1) is 10.1. The second kappa shape index (κ2) is 5.72. The highest BCUT2D eigenvalue weighted by atomic mass is 32.2. The van der Waals surface area contributed by atoms with E-state index in [4.69, 9.17) is 0 Å². The van der Waals surface area contributed by atoms with Crippen molar-refractivity contribution in [2.24, 2.45) is 5.92 Å². The van der Waals surface area contributed by atoms with Gasteiger partial charge in [-0.3, -0.25) is 9.59 Å². The lowest BCUT2D eigenvalue weighted by Crippen LogP contribution is -2.52. The van der Waals surface area contributed by atoms with Crippen LogP contribution in [-0.4, -0.2) is 23.1 Å². The molecule has 0 saturated heterocycles. The molecule has 2 aliphatic rings. The van der Waals surface area contributed by atoms with Gasteiger partial charge in [-0.05, 0) is 37.8 Å². The second-order valence-corrected chi connectivity index (χ2v) is 7.41. The van der Waals surface area contributed by atoms with Crippen LogP contribution in [0.25, 0.3) is 0 Å². The van der Waals surface area contributed by atoms with Crippen molar-refractivity contribution in [2.75, 3.05) is 11.9 Å². The lowest BCUT2D eigenvalue weighted by atomic mass is 10.1. The number of para-hydroxylation sites is 1. The fraction of sp³-hybridized carbons (Fsp3) is 0.500. The van der Waals surface area contributed by atoms with Gasteiger partial charge in [0, 0.05) is 11.4 Å². The maximum absolute atomic E-state index is 12.5. The molecule has 1 unspecified atom stereocenters. The van der Waals surface area contributed by atoms with Crippen LogP contribution in [0, 0.1) is 5.92 Å². The second-order valence-electron chi connectivity index (χ2n) is 5.95. The van der Waals surface area contributed by atoms with Crippen molar-refractivity contribution in [2.45, 2.75) is 42.2 Å². The van der Waals surface area contributed by atoms with E-state index < -0.39 is 4.75 Å². The summed E-state index contributed by atoms with van der Waals surface area (Å²) in [6, 6.07) is 7.58. The molecule has 1 heterocycles. The van der Waals surface area contributed by atoms with Gasteiger partial charge in [-0.1, -0.05) is 36.7 Å². The predicted molar refractivity (Wildman–Crippen MR) is 84.3 cm³/mol. The molecule has 3 rings (SSSR count). The summed E-state index contributed by atoms with van der Waals surface area (Å²) in [6.07, 6.45) is 4.86. The average Bonchev–Trinajstić information content (AvgIpc) is 2.99. The summed E-state index contributed by atoms with van der Waals surface area (Å²) < 4.78 is -1.09. The van der Waals surface area contributed by atoms with Crippen molar-refractivity contribution in [1.82, 2.24) is 5.32 Å². The average molecular weight is 304 g/mol. The van der Waals surface area contributed by atoms with Gasteiger partial charge in [0.1, 0.15) is 0 Å². The van der Waals surface area contributed by atoms with E-state index in [9.17, 15) is 9.59 Å². The maximum Gasteiger partial charge on any atom is 0.250 e. The van der Waals surface area contributed by atoms with Crippen molar-refractivity contribution in [3.05, 3.63) is 24.3 Å². The quantitative estimate of drug-likeness (QED) is 0.844. The summed E-state index contributed by atoms with van der Waals surface area (Å²) in [4.78, 5) is 25.8. The number of thioether (sulfide) groups is 1. The summed E-state index contributed by atoms with van der Waals surface area (Å²) in [5, 5.41) is 5.81. The fourth-order valence-corrected chi connectivity index (χ4v) is 4.06. The monoisotopic (exact) mass is 304 g/mol. The Morgan fingerprint density at radius 1 is 1.38 bits per heavy atom. The van der Waals surface area contributed by atoms with Crippen LogP contribution in [0.4, 0.5) is 5.69 Å². The Hall–Kier alpha value is -1.49. The maximum atomic E-state index is 12.5. The third kappa shape index (κ3) is 2.79. The number of nitrogens with one attached hydrogen (secondary N) is 2. The zero-order valence-electron chi connectivity index (χ0n) is 12.1. The molecule has 0 radical (unpaired) electrons. The van der Waals surface area contributed by atoms with E-state index >= 15 is 0 Å². The number of rotatable bonds is 3. The molecule has 2 N–H and O–H groups in total. The van der Waals surface area contributed by atoms with Crippen LogP contribution in [-0.2, 0) is 9.59 Å². The number of carbonyl (C=O) groups is 2. The zero-order chi connectivity index (χ0) is 14.9. The summed E-state index contributed by atoms with van der Waals surface area (Å²) in [5.41, 5.74) is 0.786. The van der Waals surface area contributed by atoms with Crippen molar-refractivity contribution >= 4 is 29.3 Å². The van der Waals surface area contributed by atoms with E-state index in [0.717, 1.165) is 10.6 Å². The molecule has 1 fully saturated rings. The highest BCUT2D eigenvalue weighted by Gasteiger charge is 2.45. The number of anilines is 1. The molecule has 1 aromatic carbocycles. The Morgan fingerprint density at radius 3 is 2.86 bits per heavy atom. The first-order valence-corrected chi connectivity index (χ1v) is 8.29. The molecule has 1 saturated carbocycles. The molecule has 1 aliphatic carbocycles. The van der Waals surface area contributed by atoms with E-state index in [2.05, 4.69) is 10.6 Å². The van der Waals surface area contributed by atoms with E-state index in [1.165, 1.54) is 37.4 Å². The van der Waals surface area contributed by atoms with Gasteiger partial charge in [-0.25, -0.2) is 0 Å². The van der Waals surface area contributed by atoms with Crippen molar-refractivity contribution in [3.63, 3.8) is 0 Å². The van der Waals surface area contributed by atoms with Gasteiger partial charge in [0.15, 0.2) is 4.75 Å². The fourth-order valence-electron chi connectivity index (χ4n) is 2.94. The molecule has 0 spiro atoms. The van der Waals surface area contributed by atoms with E-state index in [1.807, 2.05) is 24.3 Å². The van der Waals surface area contributed by atoms with Crippen molar-refractivity contribution in [1.29, 1.82) is 0 Å². The molecule has 2 amide bonds. The van der Waals surface area contributed by atoms with Crippen LogP contribution in [0.3, 0.4) is 0 Å². The summed E-state index contributed by atoms with van der Waals surface area (Å²) in [5.74, 6) is 0.142. The molecule has 0 aromatic heterocycles. The van der Waals surface area contributed by atoms with Crippen molar-refractivity contribution in [3.8, 4) is 0 Å². The molecule has 112 valence electrons. The summed E-state index contributed by atoms with van der Waals surface area (Å²) in [6.45, 7) is 2.39. The highest BCUT2D eigenvalue weighted by molar-refractivity contribution is 8.02. The minimum Gasteiger partial charge on any atom is -0.354 e. The molecule has 21 heavy (non-hydrogen) atoms. The van der Waals surface area contributed by atoms with Gasteiger partial charge < -0.3 is 10.6 Å². The van der Waals surface area contributed by atoms with Gasteiger partial charge in [0.05, 0.1) is 5.69 Å².